The second-order valence-electron chi connectivity index (χ2n) is 12.8. The van der Waals surface area contributed by atoms with Gasteiger partial charge in [-0.2, -0.15) is 23.4 Å². The van der Waals surface area contributed by atoms with E-state index in [9.17, 15) is 31.5 Å². The summed E-state index contributed by atoms with van der Waals surface area (Å²) in [5.41, 5.74) is -0.742. The lowest BCUT2D eigenvalue weighted by molar-refractivity contribution is -0.215. The summed E-state index contributed by atoms with van der Waals surface area (Å²) in [5, 5.41) is 14.2. The largest absolute Gasteiger partial charge is 0.394 e. The molecule has 43 heavy (non-hydrogen) atoms. The van der Waals surface area contributed by atoms with Gasteiger partial charge >= 0.3 is 6.18 Å². The smallest absolute Gasteiger partial charge is 0.349 e. The average molecular weight is 610 g/mol. The van der Waals surface area contributed by atoms with Crippen LogP contribution in [0.2, 0.25) is 0 Å². The van der Waals surface area contributed by atoms with Gasteiger partial charge in [-0.05, 0) is 62.6 Å². The average Bonchev–Trinajstić information content (AvgIpc) is 3.42. The van der Waals surface area contributed by atoms with Crippen molar-refractivity contribution in [1.29, 1.82) is 0 Å². The number of hydrogen-bond acceptors (Lipinski definition) is 5. The quantitative estimate of drug-likeness (QED) is 0.261. The van der Waals surface area contributed by atoms with Crippen LogP contribution in [0.1, 0.15) is 106 Å². The predicted molar refractivity (Wildman–Crippen MR) is 146 cm³/mol. The molecule has 1 unspecified atom stereocenters. The van der Waals surface area contributed by atoms with Gasteiger partial charge in [-0.3, -0.25) is 14.3 Å². The van der Waals surface area contributed by atoms with E-state index < -0.39 is 35.9 Å². The molecule has 3 aromatic heterocycles. The summed E-state index contributed by atoms with van der Waals surface area (Å²) in [5.74, 6) is -3.77. The molecule has 2 amide bonds. The molecule has 234 valence electrons. The number of carbonyl (C=O) groups excluding carboxylic acids is 2. The normalized spacial score (nSPS) is 18.8. The zero-order valence-corrected chi connectivity index (χ0v) is 24.5. The molecule has 0 aliphatic heterocycles. The molecule has 0 saturated heterocycles. The monoisotopic (exact) mass is 609 g/mol. The highest BCUT2D eigenvalue weighted by atomic mass is 19.4. The van der Waals surface area contributed by atoms with Gasteiger partial charge in [0.25, 0.3) is 5.91 Å². The van der Waals surface area contributed by atoms with Crippen LogP contribution in [0.5, 0.6) is 0 Å². The van der Waals surface area contributed by atoms with Gasteiger partial charge < -0.3 is 10.6 Å². The molecule has 2 aliphatic carbocycles. The highest BCUT2D eigenvalue weighted by molar-refractivity contribution is 5.92. The Morgan fingerprint density at radius 1 is 1.12 bits per heavy atom. The minimum Gasteiger partial charge on any atom is -0.349 e. The number of alkyl halides is 5. The predicted octanol–water partition coefficient (Wildman–Crippen LogP) is 5.96. The molecule has 0 bridgehead atoms. The highest BCUT2D eigenvalue weighted by Gasteiger charge is 2.49. The van der Waals surface area contributed by atoms with Crippen molar-refractivity contribution in [1.82, 2.24) is 35.0 Å². The topological polar surface area (TPSA) is 106 Å². The Morgan fingerprint density at radius 2 is 1.81 bits per heavy atom. The number of hydrogen-bond donors (Lipinski definition) is 2. The van der Waals surface area contributed by atoms with Crippen LogP contribution in [0.4, 0.5) is 22.0 Å². The summed E-state index contributed by atoms with van der Waals surface area (Å²) in [6, 6.07) is 1.57. The van der Waals surface area contributed by atoms with Crippen molar-refractivity contribution in [3.63, 3.8) is 0 Å². The van der Waals surface area contributed by atoms with E-state index in [1.54, 1.807) is 12.3 Å². The van der Waals surface area contributed by atoms with Crippen LogP contribution in [0.3, 0.4) is 0 Å². The van der Waals surface area contributed by atoms with E-state index in [0.29, 0.717) is 11.2 Å². The van der Waals surface area contributed by atoms with Crippen LogP contribution in [0, 0.1) is 17.3 Å². The van der Waals surface area contributed by atoms with Crippen LogP contribution in [0.15, 0.2) is 30.7 Å². The number of aromatic nitrogens is 5. The van der Waals surface area contributed by atoms with Crippen LogP contribution in [-0.2, 0) is 4.79 Å². The van der Waals surface area contributed by atoms with Gasteiger partial charge in [0.1, 0.15) is 5.69 Å². The van der Waals surface area contributed by atoms with Crippen molar-refractivity contribution in [2.75, 3.05) is 0 Å². The Labute approximate surface area is 245 Å². The van der Waals surface area contributed by atoms with Crippen LogP contribution in [0.25, 0.3) is 5.65 Å². The number of imidazole rings is 1. The van der Waals surface area contributed by atoms with Crippen molar-refractivity contribution >= 4 is 17.5 Å². The first kappa shape index (κ1) is 30.9. The fraction of sp³-hybridized carbons (Fsp3) is 0.621. The highest BCUT2D eigenvalue weighted by Crippen LogP contribution is 2.46. The van der Waals surface area contributed by atoms with Gasteiger partial charge in [0, 0.05) is 31.5 Å². The van der Waals surface area contributed by atoms with Gasteiger partial charge in [-0.25, -0.2) is 18.3 Å². The standard InChI is InChI=1S/C29H36F5N7O2/c1-16(2)41-22(7-8-35-41)26(43)38-20(13-27(3,4)29(32,33)34)21-15-40-23(37-21)10-19(14-36-40)25(18-5-6-18)39-24(42)9-17-11-28(30,31)12-17/h7-8,10,14-18,20,25H,5-6,9,11-13H2,1-4H3,(H,38,43)(H,39,42)/t20-,25?/m0/s1. The maximum Gasteiger partial charge on any atom is 0.394 e. The molecular weight excluding hydrogens is 573 g/mol. The Kier molecular flexibility index (Phi) is 8.01. The molecule has 14 heteroatoms. The van der Waals surface area contributed by atoms with Gasteiger partial charge in [-0.1, -0.05) is 13.8 Å². The molecular formula is C29H36F5N7O2. The number of nitrogens with zero attached hydrogens (tertiary/aromatic N) is 5. The van der Waals surface area contributed by atoms with Gasteiger partial charge in [-0.15, -0.1) is 0 Å². The Hall–Kier alpha value is -3.58. The van der Waals surface area contributed by atoms with Crippen molar-refractivity contribution < 1.29 is 31.5 Å². The summed E-state index contributed by atoms with van der Waals surface area (Å²) in [6.45, 7) is 5.82. The van der Waals surface area contributed by atoms with Crippen molar-refractivity contribution in [2.45, 2.75) is 96.4 Å². The molecule has 2 aliphatic rings. The van der Waals surface area contributed by atoms with Crippen molar-refractivity contribution in [3.8, 4) is 0 Å². The van der Waals surface area contributed by atoms with E-state index in [4.69, 9.17) is 0 Å². The summed E-state index contributed by atoms with van der Waals surface area (Å²) < 4.78 is 71.1. The molecule has 9 nitrogen and oxygen atoms in total. The lowest BCUT2D eigenvalue weighted by atomic mass is 9.79. The number of fused-ring (bicyclic) bond motifs is 1. The van der Waals surface area contributed by atoms with Gasteiger partial charge in [0.15, 0.2) is 5.65 Å². The fourth-order valence-corrected chi connectivity index (χ4v) is 5.57. The van der Waals surface area contributed by atoms with Crippen LogP contribution >= 0.6 is 0 Å². The maximum absolute atomic E-state index is 13.9. The summed E-state index contributed by atoms with van der Waals surface area (Å²) in [4.78, 5) is 30.5. The summed E-state index contributed by atoms with van der Waals surface area (Å²) >= 11 is 0. The molecule has 3 aromatic rings. The molecule has 3 heterocycles. The van der Waals surface area contributed by atoms with Crippen LogP contribution in [-0.4, -0.2) is 48.3 Å². The van der Waals surface area contributed by atoms with E-state index in [1.807, 2.05) is 13.8 Å². The Morgan fingerprint density at radius 3 is 2.42 bits per heavy atom. The molecule has 2 N–H and O–H groups in total. The van der Waals surface area contributed by atoms with E-state index >= 15 is 0 Å². The molecule has 5 rings (SSSR count). The number of rotatable bonds is 11. The second kappa shape index (κ2) is 11.2. The molecule has 2 fully saturated rings. The molecule has 2 saturated carbocycles. The van der Waals surface area contributed by atoms with Crippen molar-refractivity contribution in [2.24, 2.45) is 17.3 Å². The molecule has 0 radical (unpaired) electrons. The lowest BCUT2D eigenvalue weighted by Crippen LogP contribution is -2.39. The summed E-state index contributed by atoms with van der Waals surface area (Å²) in [7, 11) is 0. The van der Waals surface area contributed by atoms with Crippen molar-refractivity contribution in [3.05, 3.63) is 47.7 Å². The molecule has 2 atom stereocenters. The van der Waals surface area contributed by atoms with E-state index in [0.717, 1.165) is 26.7 Å². The SMILES string of the molecule is CC(C)n1nccc1C(=O)N[C@@H](CC(C)(C)C(F)(F)F)c1cn2ncc(C(NC(=O)CC3CC(F)(F)C3)C3CC3)cc2n1. The maximum atomic E-state index is 13.9. The third kappa shape index (κ3) is 6.82. The Bertz CT molecular complexity index is 1480. The fourth-order valence-electron chi connectivity index (χ4n) is 5.57. The molecule has 0 aromatic carbocycles. The Balaban J connectivity index is 1.39. The zero-order chi connectivity index (χ0) is 31.3. The zero-order valence-electron chi connectivity index (χ0n) is 24.5. The number of carbonyl (C=O) groups is 2. The van der Waals surface area contributed by atoms with Crippen LogP contribution < -0.4 is 10.6 Å². The minimum atomic E-state index is -4.54. The van der Waals surface area contributed by atoms with E-state index in [-0.39, 0.29) is 60.5 Å². The van der Waals surface area contributed by atoms with E-state index in [1.165, 1.54) is 27.7 Å². The first-order chi connectivity index (χ1) is 20.0. The number of nitrogens with one attached hydrogen (secondary N) is 2. The summed E-state index contributed by atoms with van der Waals surface area (Å²) in [6.07, 6.45) is 0.690. The lowest BCUT2D eigenvalue weighted by Gasteiger charge is -2.34. The molecule has 0 spiro atoms. The number of amides is 2. The first-order valence-electron chi connectivity index (χ1n) is 14.5. The first-order valence-corrected chi connectivity index (χ1v) is 14.5. The minimum absolute atomic E-state index is 0.0219. The third-order valence-corrected chi connectivity index (χ3v) is 8.31. The van der Waals surface area contributed by atoms with Gasteiger partial charge in [0.05, 0.1) is 35.6 Å². The number of halogens is 5. The third-order valence-electron chi connectivity index (χ3n) is 8.31. The second-order valence-corrected chi connectivity index (χ2v) is 12.8. The van der Waals surface area contributed by atoms with E-state index in [2.05, 4.69) is 25.8 Å². The van der Waals surface area contributed by atoms with Gasteiger partial charge in [0.2, 0.25) is 11.8 Å².